The number of hydrogen-bond acceptors (Lipinski definition) is 10. The first-order chi connectivity index (χ1) is 10.4. The molecule has 0 aliphatic carbocycles. The van der Waals surface area contributed by atoms with Crippen LogP contribution in [-0.2, 0) is 9.47 Å². The minimum absolute atomic E-state index is 0.0460. The molecule has 0 radical (unpaired) electrons. The van der Waals surface area contributed by atoms with Gasteiger partial charge in [-0.2, -0.15) is 0 Å². The summed E-state index contributed by atoms with van der Waals surface area (Å²) >= 11 is 0. The minimum Gasteiger partial charge on any atom is -0.395 e. The first kappa shape index (κ1) is 17.9. The van der Waals surface area contributed by atoms with Crippen LogP contribution in [0.5, 0.6) is 0 Å². The van der Waals surface area contributed by atoms with Gasteiger partial charge in [0.2, 0.25) is 0 Å². The van der Waals surface area contributed by atoms with E-state index in [0.29, 0.717) is 0 Å². The second-order valence-electron chi connectivity index (χ2n) is 5.55. The van der Waals surface area contributed by atoms with Crippen LogP contribution in [-0.4, -0.2) is 111 Å². The van der Waals surface area contributed by atoms with Crippen molar-refractivity contribution in [1.82, 2.24) is 5.32 Å². The molecular formula is C12H23NO9. The van der Waals surface area contributed by atoms with E-state index < -0.39 is 61.7 Å². The summed E-state index contributed by atoms with van der Waals surface area (Å²) in [5, 5.41) is 70.1. The van der Waals surface area contributed by atoms with Gasteiger partial charge >= 0.3 is 0 Å². The third kappa shape index (κ3) is 3.41. The highest BCUT2D eigenvalue weighted by atomic mass is 16.7. The van der Waals surface area contributed by atoms with E-state index in [-0.39, 0.29) is 13.2 Å². The van der Waals surface area contributed by atoms with Crippen molar-refractivity contribution in [2.45, 2.75) is 55.1 Å². The van der Waals surface area contributed by atoms with Gasteiger partial charge in [-0.05, 0) is 0 Å². The van der Waals surface area contributed by atoms with Crippen molar-refractivity contribution in [3.8, 4) is 0 Å². The lowest BCUT2D eigenvalue weighted by atomic mass is 9.95. The van der Waals surface area contributed by atoms with Crippen LogP contribution < -0.4 is 5.32 Å². The van der Waals surface area contributed by atoms with Crippen LogP contribution in [0.1, 0.15) is 0 Å². The van der Waals surface area contributed by atoms with E-state index in [1.165, 1.54) is 0 Å². The quantitative estimate of drug-likeness (QED) is 0.250. The van der Waals surface area contributed by atoms with Gasteiger partial charge in [0.1, 0.15) is 36.6 Å². The van der Waals surface area contributed by atoms with E-state index in [2.05, 4.69) is 5.32 Å². The lowest BCUT2D eigenvalue weighted by Gasteiger charge is -2.44. The Bertz CT molecular complexity index is 357. The smallest absolute Gasteiger partial charge is 0.187 e. The molecule has 2 aliphatic heterocycles. The molecule has 2 fully saturated rings. The molecule has 0 aromatic heterocycles. The first-order valence-electron chi connectivity index (χ1n) is 7.07. The average Bonchev–Trinajstić information content (AvgIpc) is 2.51. The molecule has 0 aromatic carbocycles. The highest BCUT2D eigenvalue weighted by Crippen LogP contribution is 2.25. The zero-order valence-corrected chi connectivity index (χ0v) is 11.8. The molecule has 0 unspecified atom stereocenters. The van der Waals surface area contributed by atoms with Crippen LogP contribution in [0.25, 0.3) is 0 Å². The summed E-state index contributed by atoms with van der Waals surface area (Å²) in [7, 11) is 0. The third-order valence-corrected chi connectivity index (χ3v) is 4.05. The summed E-state index contributed by atoms with van der Waals surface area (Å²) in [6, 6.07) is -0.724. The fraction of sp³-hybridized carbons (Fsp3) is 1.00. The van der Waals surface area contributed by atoms with Gasteiger partial charge in [-0.25, -0.2) is 0 Å². The van der Waals surface area contributed by atoms with Gasteiger partial charge in [0.05, 0.1) is 25.4 Å². The predicted octanol–water partition coefficient (Wildman–Crippen LogP) is -5.14. The molecule has 2 aliphatic rings. The number of ether oxygens (including phenoxy) is 2. The van der Waals surface area contributed by atoms with E-state index in [1.807, 2.05) is 0 Å². The number of rotatable bonds is 4. The molecule has 130 valence electrons. The topological polar surface area (TPSA) is 172 Å². The number of hydrogen-bond donors (Lipinski definition) is 8. The van der Waals surface area contributed by atoms with Gasteiger partial charge in [-0.15, -0.1) is 0 Å². The number of piperidine rings is 1. The Morgan fingerprint density at radius 3 is 2.18 bits per heavy atom. The highest BCUT2D eigenvalue weighted by molar-refractivity contribution is 4.95. The van der Waals surface area contributed by atoms with E-state index in [0.717, 1.165) is 0 Å². The monoisotopic (exact) mass is 325 g/mol. The summed E-state index contributed by atoms with van der Waals surface area (Å²) < 4.78 is 10.5. The van der Waals surface area contributed by atoms with Crippen molar-refractivity contribution in [2.24, 2.45) is 0 Å². The fourth-order valence-electron chi connectivity index (χ4n) is 2.64. The van der Waals surface area contributed by atoms with Gasteiger partial charge in [-0.3, -0.25) is 0 Å². The molecule has 0 amide bonds. The Labute approximate surface area is 126 Å². The Morgan fingerprint density at radius 1 is 0.909 bits per heavy atom. The zero-order valence-electron chi connectivity index (χ0n) is 11.8. The molecule has 0 bridgehead atoms. The Balaban J connectivity index is 2.07. The molecule has 0 aromatic rings. The van der Waals surface area contributed by atoms with Gasteiger partial charge in [0.25, 0.3) is 0 Å². The molecule has 2 rings (SSSR count). The summed E-state index contributed by atoms with van der Waals surface area (Å²) in [4.78, 5) is 0. The number of β-amino-alcohol motifs (C(OH)–C–C–N with tert-alkyl or cyclic N) is 1. The van der Waals surface area contributed by atoms with Crippen molar-refractivity contribution < 1.29 is 45.2 Å². The number of aliphatic hydroxyl groups excluding tert-OH is 7. The van der Waals surface area contributed by atoms with Crippen LogP contribution in [0, 0.1) is 0 Å². The summed E-state index contributed by atoms with van der Waals surface area (Å²) in [6.07, 6.45) is -10.9. The Hall–Kier alpha value is -0.400. The largest absolute Gasteiger partial charge is 0.395 e. The van der Waals surface area contributed by atoms with Crippen LogP contribution in [0.2, 0.25) is 0 Å². The third-order valence-electron chi connectivity index (χ3n) is 4.05. The summed E-state index contributed by atoms with van der Waals surface area (Å²) in [6.45, 7) is -0.950. The van der Waals surface area contributed by atoms with Gasteiger partial charge in [-0.1, -0.05) is 0 Å². The molecule has 10 heteroatoms. The van der Waals surface area contributed by atoms with E-state index >= 15 is 0 Å². The van der Waals surface area contributed by atoms with Crippen molar-refractivity contribution in [3.63, 3.8) is 0 Å². The Kier molecular flexibility index (Phi) is 6.07. The van der Waals surface area contributed by atoms with Crippen LogP contribution >= 0.6 is 0 Å². The SMILES string of the molecule is OC[C@H]1NC[C@H](O)[C@@H](O[C@@H]2O[C@H](CO)[C@H](O)[C@H](O)[C@H]2O)[C@@H]1O. The Morgan fingerprint density at radius 2 is 1.59 bits per heavy atom. The lowest BCUT2D eigenvalue weighted by Crippen LogP contribution is -2.65. The van der Waals surface area contributed by atoms with E-state index in [1.54, 1.807) is 0 Å². The average molecular weight is 325 g/mol. The lowest BCUT2D eigenvalue weighted by molar-refractivity contribution is -0.326. The molecule has 8 N–H and O–H groups in total. The maximum Gasteiger partial charge on any atom is 0.187 e. The molecule has 2 heterocycles. The molecule has 2 saturated heterocycles. The number of nitrogens with one attached hydrogen (secondary N) is 1. The first-order valence-corrected chi connectivity index (χ1v) is 7.07. The standard InChI is InChI=1S/C12H23NO9/c14-2-4-7(17)11(5(16)1-13-4)22-12-10(20)9(19)8(18)6(3-15)21-12/h4-20H,1-3H2/t4-,5+,6-,7-,8+,9+,10-,11-,12+/m1/s1. The molecule has 9 atom stereocenters. The minimum atomic E-state index is -1.63. The van der Waals surface area contributed by atoms with Crippen molar-refractivity contribution in [3.05, 3.63) is 0 Å². The van der Waals surface area contributed by atoms with Crippen LogP contribution in [0.4, 0.5) is 0 Å². The van der Waals surface area contributed by atoms with Crippen molar-refractivity contribution >= 4 is 0 Å². The van der Waals surface area contributed by atoms with Gasteiger partial charge < -0.3 is 50.5 Å². The van der Waals surface area contributed by atoms with E-state index in [4.69, 9.17) is 19.7 Å². The molecular weight excluding hydrogens is 302 g/mol. The van der Waals surface area contributed by atoms with Crippen molar-refractivity contribution in [1.29, 1.82) is 0 Å². The molecule has 22 heavy (non-hydrogen) atoms. The molecule has 0 saturated carbocycles. The maximum atomic E-state index is 10.1. The van der Waals surface area contributed by atoms with Crippen molar-refractivity contribution in [2.75, 3.05) is 19.8 Å². The maximum absolute atomic E-state index is 10.1. The number of aliphatic hydroxyl groups is 7. The zero-order chi connectivity index (χ0) is 16.4. The fourth-order valence-corrected chi connectivity index (χ4v) is 2.64. The normalized spacial score (nSPS) is 50.0. The molecule has 0 spiro atoms. The van der Waals surface area contributed by atoms with Crippen LogP contribution in [0.3, 0.4) is 0 Å². The van der Waals surface area contributed by atoms with Gasteiger partial charge in [0.15, 0.2) is 6.29 Å². The second-order valence-corrected chi connectivity index (χ2v) is 5.55. The van der Waals surface area contributed by atoms with E-state index in [9.17, 15) is 25.5 Å². The molecule has 10 nitrogen and oxygen atoms in total. The van der Waals surface area contributed by atoms with Gasteiger partial charge in [0, 0.05) is 6.54 Å². The summed E-state index contributed by atoms with van der Waals surface area (Å²) in [5.74, 6) is 0. The van der Waals surface area contributed by atoms with Crippen LogP contribution in [0.15, 0.2) is 0 Å². The predicted molar refractivity (Wildman–Crippen MR) is 69.5 cm³/mol. The second kappa shape index (κ2) is 7.45. The summed E-state index contributed by atoms with van der Waals surface area (Å²) in [5.41, 5.74) is 0. The highest BCUT2D eigenvalue weighted by Gasteiger charge is 2.47.